The molecule has 1 saturated heterocycles. The number of rotatable bonds is 4. The molecule has 1 heterocycles. The van der Waals surface area contributed by atoms with Gasteiger partial charge in [-0.15, -0.1) is 0 Å². The van der Waals surface area contributed by atoms with Crippen molar-refractivity contribution < 1.29 is 9.53 Å². The van der Waals surface area contributed by atoms with Crippen LogP contribution in [0.4, 0.5) is 0 Å². The Morgan fingerprint density at radius 3 is 2.78 bits per heavy atom. The zero-order chi connectivity index (χ0) is 13.0. The van der Waals surface area contributed by atoms with Gasteiger partial charge in [0.05, 0.1) is 18.7 Å². The van der Waals surface area contributed by atoms with E-state index in [2.05, 4.69) is 4.90 Å². The summed E-state index contributed by atoms with van der Waals surface area (Å²) in [5, 5.41) is 0.484. The molecule has 1 aliphatic heterocycles. The number of ether oxygens (including phenoxy) is 1. The fraction of sp³-hybridized carbons (Fsp3) is 0.462. The average Bonchev–Trinajstić information content (AvgIpc) is 2.39. The number of halogens is 1. The van der Waals surface area contributed by atoms with E-state index >= 15 is 0 Å². The Balaban J connectivity index is 2.01. The fourth-order valence-electron chi connectivity index (χ4n) is 1.89. The Morgan fingerprint density at radius 1 is 1.44 bits per heavy atom. The first-order valence-corrected chi connectivity index (χ1v) is 7.41. The van der Waals surface area contributed by atoms with E-state index in [1.54, 1.807) is 25.3 Å². The van der Waals surface area contributed by atoms with Gasteiger partial charge in [0, 0.05) is 30.2 Å². The Bertz CT molecular complexity index is 433. The Kier molecular flexibility index (Phi) is 4.92. The van der Waals surface area contributed by atoms with E-state index in [-0.39, 0.29) is 5.78 Å². The van der Waals surface area contributed by atoms with Gasteiger partial charge in [0.25, 0.3) is 0 Å². The van der Waals surface area contributed by atoms with Crippen LogP contribution in [0.2, 0.25) is 5.02 Å². The predicted octanol–water partition coefficient (Wildman–Crippen LogP) is 2.58. The van der Waals surface area contributed by atoms with Gasteiger partial charge in [-0.05, 0) is 18.2 Å². The van der Waals surface area contributed by atoms with Crippen molar-refractivity contribution in [3.63, 3.8) is 0 Å². The normalized spacial score (nSPS) is 16.6. The number of hydrogen-bond acceptors (Lipinski definition) is 4. The first-order valence-electron chi connectivity index (χ1n) is 5.87. The summed E-state index contributed by atoms with van der Waals surface area (Å²) < 4.78 is 5.07. The standard InChI is InChI=1S/C13H16ClNO2S/c1-17-13-3-2-10(8-11(13)14)12(16)9-15-4-6-18-7-5-15/h2-3,8H,4-7,9H2,1H3. The number of hydrogen-bond donors (Lipinski definition) is 0. The van der Waals surface area contributed by atoms with Gasteiger partial charge in [-0.3, -0.25) is 9.69 Å². The lowest BCUT2D eigenvalue weighted by atomic mass is 10.1. The first kappa shape index (κ1) is 13.7. The number of methoxy groups -OCH3 is 1. The van der Waals surface area contributed by atoms with Crippen molar-refractivity contribution >= 4 is 29.1 Å². The van der Waals surface area contributed by atoms with Gasteiger partial charge < -0.3 is 4.74 Å². The Hall–Kier alpha value is -0.710. The van der Waals surface area contributed by atoms with E-state index in [1.165, 1.54) is 0 Å². The zero-order valence-corrected chi connectivity index (χ0v) is 11.9. The van der Waals surface area contributed by atoms with Crippen LogP contribution in [-0.4, -0.2) is 48.9 Å². The number of thioether (sulfide) groups is 1. The van der Waals surface area contributed by atoms with Crippen LogP contribution in [0.1, 0.15) is 10.4 Å². The molecular weight excluding hydrogens is 270 g/mol. The van der Waals surface area contributed by atoms with E-state index < -0.39 is 0 Å². The van der Waals surface area contributed by atoms with Crippen LogP contribution >= 0.6 is 23.4 Å². The Morgan fingerprint density at radius 2 is 2.17 bits per heavy atom. The van der Waals surface area contributed by atoms with E-state index in [0.29, 0.717) is 22.9 Å². The molecule has 0 unspecified atom stereocenters. The van der Waals surface area contributed by atoms with Crippen LogP contribution in [-0.2, 0) is 0 Å². The molecule has 0 N–H and O–H groups in total. The molecule has 0 spiro atoms. The zero-order valence-electron chi connectivity index (χ0n) is 10.3. The van der Waals surface area contributed by atoms with E-state index in [1.807, 2.05) is 11.8 Å². The van der Waals surface area contributed by atoms with Crippen LogP contribution in [0.15, 0.2) is 18.2 Å². The summed E-state index contributed by atoms with van der Waals surface area (Å²) in [5.74, 6) is 2.93. The number of ketones is 1. The Labute approximate surface area is 116 Å². The monoisotopic (exact) mass is 285 g/mol. The molecule has 0 bridgehead atoms. The lowest BCUT2D eigenvalue weighted by Crippen LogP contribution is -2.36. The minimum Gasteiger partial charge on any atom is -0.495 e. The fourth-order valence-corrected chi connectivity index (χ4v) is 3.13. The van der Waals surface area contributed by atoms with Crippen LogP contribution in [0, 0.1) is 0 Å². The van der Waals surface area contributed by atoms with Crippen molar-refractivity contribution in [2.24, 2.45) is 0 Å². The van der Waals surface area contributed by atoms with E-state index in [0.717, 1.165) is 24.6 Å². The molecule has 1 aliphatic rings. The van der Waals surface area contributed by atoms with Gasteiger partial charge in [-0.25, -0.2) is 0 Å². The molecule has 0 aliphatic carbocycles. The highest BCUT2D eigenvalue weighted by molar-refractivity contribution is 7.99. The molecule has 1 fully saturated rings. The molecule has 1 aromatic rings. The molecule has 18 heavy (non-hydrogen) atoms. The molecule has 0 aromatic heterocycles. The van der Waals surface area contributed by atoms with Crippen molar-refractivity contribution in [3.8, 4) is 5.75 Å². The smallest absolute Gasteiger partial charge is 0.176 e. The van der Waals surface area contributed by atoms with Crippen LogP contribution in [0.3, 0.4) is 0 Å². The molecule has 1 aromatic carbocycles. The molecule has 0 saturated carbocycles. The number of nitrogens with zero attached hydrogens (tertiary/aromatic N) is 1. The second-order valence-corrected chi connectivity index (χ2v) is 5.79. The molecule has 3 nitrogen and oxygen atoms in total. The van der Waals surface area contributed by atoms with Crippen LogP contribution in [0.5, 0.6) is 5.75 Å². The number of Topliss-reactive ketones (excluding diaryl/α,β-unsaturated/α-hetero) is 1. The minimum absolute atomic E-state index is 0.117. The number of carbonyl (C=O) groups is 1. The molecule has 98 valence electrons. The first-order chi connectivity index (χ1) is 8.70. The summed E-state index contributed by atoms with van der Waals surface area (Å²) >= 11 is 7.96. The second kappa shape index (κ2) is 6.45. The molecule has 0 radical (unpaired) electrons. The van der Waals surface area contributed by atoms with Crippen LogP contribution in [0.25, 0.3) is 0 Å². The topological polar surface area (TPSA) is 29.5 Å². The van der Waals surface area contributed by atoms with Crippen LogP contribution < -0.4 is 4.74 Å². The van der Waals surface area contributed by atoms with Crippen molar-refractivity contribution in [2.45, 2.75) is 0 Å². The largest absolute Gasteiger partial charge is 0.495 e. The summed E-state index contributed by atoms with van der Waals surface area (Å²) in [6.45, 7) is 2.45. The maximum atomic E-state index is 12.1. The molecule has 2 rings (SSSR count). The minimum atomic E-state index is 0.117. The molecule has 0 atom stereocenters. The van der Waals surface area contributed by atoms with E-state index in [4.69, 9.17) is 16.3 Å². The number of benzene rings is 1. The molecule has 0 amide bonds. The SMILES string of the molecule is COc1ccc(C(=O)CN2CCSCC2)cc1Cl. The maximum Gasteiger partial charge on any atom is 0.176 e. The van der Waals surface area contributed by atoms with Gasteiger partial charge in [-0.1, -0.05) is 11.6 Å². The van der Waals surface area contributed by atoms with Gasteiger partial charge >= 0.3 is 0 Å². The highest BCUT2D eigenvalue weighted by atomic mass is 35.5. The summed E-state index contributed by atoms with van der Waals surface area (Å²) in [5.41, 5.74) is 0.652. The quantitative estimate of drug-likeness (QED) is 0.796. The highest BCUT2D eigenvalue weighted by Gasteiger charge is 2.16. The maximum absolute atomic E-state index is 12.1. The van der Waals surface area contributed by atoms with Gasteiger partial charge in [0.15, 0.2) is 5.78 Å². The molecule has 5 heteroatoms. The third-order valence-electron chi connectivity index (χ3n) is 2.94. The lowest BCUT2D eigenvalue weighted by molar-refractivity contribution is 0.0937. The number of carbonyl (C=O) groups excluding carboxylic acids is 1. The van der Waals surface area contributed by atoms with Gasteiger partial charge in [-0.2, -0.15) is 11.8 Å². The van der Waals surface area contributed by atoms with Crippen molar-refractivity contribution in [1.82, 2.24) is 4.90 Å². The third kappa shape index (κ3) is 3.40. The van der Waals surface area contributed by atoms with Crippen molar-refractivity contribution in [3.05, 3.63) is 28.8 Å². The van der Waals surface area contributed by atoms with Gasteiger partial charge in [0.1, 0.15) is 5.75 Å². The summed E-state index contributed by atoms with van der Waals surface area (Å²) in [6.07, 6.45) is 0. The third-order valence-corrected chi connectivity index (χ3v) is 4.18. The average molecular weight is 286 g/mol. The highest BCUT2D eigenvalue weighted by Crippen LogP contribution is 2.25. The lowest BCUT2D eigenvalue weighted by Gasteiger charge is -2.25. The summed E-state index contributed by atoms with van der Waals surface area (Å²) in [7, 11) is 1.56. The summed E-state index contributed by atoms with van der Waals surface area (Å²) in [4.78, 5) is 14.3. The summed E-state index contributed by atoms with van der Waals surface area (Å²) in [6, 6.07) is 5.19. The predicted molar refractivity (Wildman–Crippen MR) is 76.1 cm³/mol. The van der Waals surface area contributed by atoms with E-state index in [9.17, 15) is 4.79 Å². The van der Waals surface area contributed by atoms with Crippen molar-refractivity contribution in [2.75, 3.05) is 38.2 Å². The molecular formula is C13H16ClNO2S. The van der Waals surface area contributed by atoms with Gasteiger partial charge in [0.2, 0.25) is 0 Å². The van der Waals surface area contributed by atoms with Crippen molar-refractivity contribution in [1.29, 1.82) is 0 Å². The second-order valence-electron chi connectivity index (χ2n) is 4.16.